The molecule has 0 bridgehead atoms. The zero-order valence-electron chi connectivity index (χ0n) is 7.65. The first-order chi connectivity index (χ1) is 6.86. The van der Waals surface area contributed by atoms with E-state index in [0.29, 0.717) is 6.07 Å². The number of amides is 1. The van der Waals surface area contributed by atoms with E-state index < -0.39 is 17.6 Å². The van der Waals surface area contributed by atoms with Crippen LogP contribution in [0.2, 0.25) is 0 Å². The van der Waals surface area contributed by atoms with Crippen LogP contribution in [0, 0.1) is 12.7 Å². The van der Waals surface area contributed by atoms with Gasteiger partial charge in [-0.2, -0.15) is 13.2 Å². The van der Waals surface area contributed by atoms with E-state index in [1.807, 2.05) is 5.32 Å². The Bertz CT molecular complexity index is 386. The molecule has 1 aromatic carbocycles. The molecule has 0 aliphatic carbocycles. The highest BCUT2D eigenvalue weighted by atomic mass is 19.4. The molecule has 0 heterocycles. The quantitative estimate of drug-likeness (QED) is 0.603. The summed E-state index contributed by atoms with van der Waals surface area (Å²) in [4.78, 5) is 10.0. The molecule has 1 rings (SSSR count). The number of halogens is 4. The van der Waals surface area contributed by atoms with E-state index in [2.05, 4.69) is 0 Å². The first-order valence-electron chi connectivity index (χ1n) is 3.94. The number of hydrogen-bond acceptors (Lipinski definition) is 1. The Balaban J connectivity index is 3.31. The van der Waals surface area contributed by atoms with Gasteiger partial charge in [-0.25, -0.2) is 4.39 Å². The molecule has 1 N–H and O–H groups in total. The number of hydrogen-bond donors (Lipinski definition) is 1. The summed E-state index contributed by atoms with van der Waals surface area (Å²) in [5, 5.41) is 2.04. The lowest BCUT2D eigenvalue weighted by Crippen LogP contribution is -2.10. The smallest absolute Gasteiger partial charge is 0.329 e. The van der Waals surface area contributed by atoms with Gasteiger partial charge in [-0.05, 0) is 24.6 Å². The van der Waals surface area contributed by atoms with Crippen molar-refractivity contribution in [1.29, 1.82) is 0 Å². The Morgan fingerprint density at radius 2 is 1.93 bits per heavy atom. The Labute approximate surface area is 82.9 Å². The molecule has 0 aliphatic rings. The summed E-state index contributed by atoms with van der Waals surface area (Å²) in [7, 11) is 0. The first-order valence-corrected chi connectivity index (χ1v) is 3.94. The summed E-state index contributed by atoms with van der Waals surface area (Å²) in [5.74, 6) is -1.32. The number of carbonyl (C=O) groups excluding carboxylic acids is 1. The topological polar surface area (TPSA) is 29.1 Å². The van der Waals surface area contributed by atoms with Crippen molar-refractivity contribution in [3.05, 3.63) is 29.1 Å². The first kappa shape index (κ1) is 11.5. The molecule has 0 aliphatic heterocycles. The van der Waals surface area contributed by atoms with Crippen LogP contribution in [-0.2, 0) is 11.0 Å². The zero-order valence-corrected chi connectivity index (χ0v) is 7.65. The zero-order chi connectivity index (χ0) is 11.6. The molecule has 0 saturated carbocycles. The van der Waals surface area contributed by atoms with Gasteiger partial charge in [0.15, 0.2) is 0 Å². The molecule has 0 unspecified atom stereocenters. The van der Waals surface area contributed by atoms with Crippen LogP contribution >= 0.6 is 0 Å². The molecular formula is C9H7F4NO. The monoisotopic (exact) mass is 221 g/mol. The van der Waals surface area contributed by atoms with E-state index in [1.165, 1.54) is 6.92 Å². The van der Waals surface area contributed by atoms with E-state index in [4.69, 9.17) is 0 Å². The highest BCUT2D eigenvalue weighted by molar-refractivity contribution is 5.72. The second kappa shape index (κ2) is 3.88. The van der Waals surface area contributed by atoms with E-state index in [-0.39, 0.29) is 17.7 Å². The molecule has 0 fully saturated rings. The average molecular weight is 221 g/mol. The Kier molecular flexibility index (Phi) is 2.97. The lowest BCUT2D eigenvalue weighted by atomic mass is 10.1. The third-order valence-corrected chi connectivity index (χ3v) is 1.79. The van der Waals surface area contributed by atoms with Gasteiger partial charge in [-0.1, -0.05) is 0 Å². The van der Waals surface area contributed by atoms with Gasteiger partial charge < -0.3 is 5.32 Å². The van der Waals surface area contributed by atoms with Gasteiger partial charge in [0, 0.05) is 5.69 Å². The second-order valence-electron chi connectivity index (χ2n) is 2.91. The number of benzene rings is 1. The van der Waals surface area contributed by atoms with Crippen LogP contribution in [-0.4, -0.2) is 6.41 Å². The van der Waals surface area contributed by atoms with Crippen molar-refractivity contribution in [2.24, 2.45) is 0 Å². The summed E-state index contributed by atoms with van der Waals surface area (Å²) in [6.45, 7) is 1.19. The van der Waals surface area contributed by atoms with Crippen LogP contribution in [0.5, 0.6) is 0 Å². The van der Waals surface area contributed by atoms with E-state index in [9.17, 15) is 22.4 Å². The van der Waals surface area contributed by atoms with Crippen molar-refractivity contribution < 1.29 is 22.4 Å². The minimum absolute atomic E-state index is 0.0868. The largest absolute Gasteiger partial charge is 0.419 e. The summed E-state index contributed by atoms with van der Waals surface area (Å²) in [6.07, 6.45) is -4.54. The number of anilines is 1. The van der Waals surface area contributed by atoms with Crippen molar-refractivity contribution in [3.8, 4) is 0 Å². The van der Waals surface area contributed by atoms with Crippen LogP contribution in [0.25, 0.3) is 0 Å². The van der Waals surface area contributed by atoms with Gasteiger partial charge in [0.25, 0.3) is 0 Å². The minimum atomic E-state index is -4.77. The van der Waals surface area contributed by atoms with Gasteiger partial charge in [0.1, 0.15) is 5.82 Å². The number of alkyl halides is 3. The van der Waals surface area contributed by atoms with Gasteiger partial charge >= 0.3 is 6.18 Å². The van der Waals surface area contributed by atoms with Gasteiger partial charge in [-0.3, -0.25) is 4.79 Å². The van der Waals surface area contributed by atoms with Crippen molar-refractivity contribution in [1.82, 2.24) is 0 Å². The molecule has 6 heteroatoms. The molecule has 0 spiro atoms. The summed E-state index contributed by atoms with van der Waals surface area (Å²) in [5.41, 5.74) is -1.64. The van der Waals surface area contributed by atoms with Crippen molar-refractivity contribution in [2.45, 2.75) is 13.1 Å². The summed E-state index contributed by atoms with van der Waals surface area (Å²) in [6, 6.07) is 1.68. The highest BCUT2D eigenvalue weighted by Crippen LogP contribution is 2.34. The third-order valence-electron chi connectivity index (χ3n) is 1.79. The summed E-state index contributed by atoms with van der Waals surface area (Å²) >= 11 is 0. The molecule has 2 nitrogen and oxygen atoms in total. The van der Waals surface area contributed by atoms with Crippen LogP contribution in [0.3, 0.4) is 0 Å². The van der Waals surface area contributed by atoms with Crippen LogP contribution in [0.1, 0.15) is 11.1 Å². The molecule has 1 aromatic rings. The van der Waals surface area contributed by atoms with Crippen molar-refractivity contribution in [3.63, 3.8) is 0 Å². The number of rotatable bonds is 2. The standard InChI is InChI=1S/C9H7F4NO/c1-5-2-6(14-4-15)3-7(8(5)10)9(11,12)13/h2-4H,1H3,(H,14,15). The second-order valence-corrected chi connectivity index (χ2v) is 2.91. The SMILES string of the molecule is Cc1cc(NC=O)cc(C(F)(F)F)c1F. The van der Waals surface area contributed by atoms with Gasteiger partial charge in [0.2, 0.25) is 6.41 Å². The molecule has 15 heavy (non-hydrogen) atoms. The molecule has 82 valence electrons. The Morgan fingerprint density at radius 1 is 1.33 bits per heavy atom. The number of nitrogens with one attached hydrogen (secondary N) is 1. The lowest BCUT2D eigenvalue weighted by Gasteiger charge is -2.11. The van der Waals surface area contributed by atoms with E-state index in [0.717, 1.165) is 6.07 Å². The fraction of sp³-hybridized carbons (Fsp3) is 0.222. The average Bonchev–Trinajstić information content (AvgIpc) is 2.09. The number of carbonyl (C=O) groups is 1. The fourth-order valence-electron chi connectivity index (χ4n) is 1.13. The van der Waals surface area contributed by atoms with Gasteiger partial charge in [0.05, 0.1) is 5.56 Å². The highest BCUT2D eigenvalue weighted by Gasteiger charge is 2.35. The summed E-state index contributed by atoms with van der Waals surface area (Å²) < 4.78 is 50.0. The maximum absolute atomic E-state index is 13.1. The van der Waals surface area contributed by atoms with Crippen LogP contribution in [0.15, 0.2) is 12.1 Å². The lowest BCUT2D eigenvalue weighted by molar-refractivity contribution is -0.140. The van der Waals surface area contributed by atoms with E-state index >= 15 is 0 Å². The molecule has 1 amide bonds. The molecule has 0 saturated heterocycles. The third kappa shape index (κ3) is 2.45. The predicted molar refractivity (Wildman–Crippen MR) is 45.8 cm³/mol. The maximum atomic E-state index is 13.1. The fourth-order valence-corrected chi connectivity index (χ4v) is 1.13. The molecule has 0 radical (unpaired) electrons. The van der Waals surface area contributed by atoms with E-state index in [1.54, 1.807) is 0 Å². The maximum Gasteiger partial charge on any atom is 0.419 e. The molecule has 0 aromatic heterocycles. The van der Waals surface area contributed by atoms with Gasteiger partial charge in [-0.15, -0.1) is 0 Å². The Hall–Kier alpha value is -1.59. The molecule has 0 atom stereocenters. The van der Waals surface area contributed by atoms with Crippen LogP contribution < -0.4 is 5.32 Å². The normalized spacial score (nSPS) is 11.3. The molecular weight excluding hydrogens is 214 g/mol. The number of aryl methyl sites for hydroxylation is 1. The van der Waals surface area contributed by atoms with Crippen molar-refractivity contribution in [2.75, 3.05) is 5.32 Å². The minimum Gasteiger partial charge on any atom is -0.329 e. The van der Waals surface area contributed by atoms with Crippen molar-refractivity contribution >= 4 is 12.1 Å². The van der Waals surface area contributed by atoms with Crippen LogP contribution in [0.4, 0.5) is 23.2 Å². The Morgan fingerprint density at radius 3 is 2.40 bits per heavy atom. The predicted octanol–water partition coefficient (Wildman–Crippen LogP) is 2.72.